The van der Waals surface area contributed by atoms with Crippen LogP contribution in [0.25, 0.3) is 0 Å². The molecule has 0 radical (unpaired) electrons. The molecule has 0 aliphatic rings. The Hall–Kier alpha value is -1.71. The van der Waals surface area contributed by atoms with E-state index in [4.69, 9.17) is 5.84 Å². The number of hydrazine groups is 1. The van der Waals surface area contributed by atoms with Gasteiger partial charge in [0.25, 0.3) is 0 Å². The molecule has 100 valence electrons. The van der Waals surface area contributed by atoms with E-state index in [1.54, 1.807) is 19.1 Å². The highest BCUT2D eigenvalue weighted by molar-refractivity contribution is 5.40. The number of hydrogen-bond donors (Lipinski definition) is 2. The maximum atomic E-state index is 14.3. The van der Waals surface area contributed by atoms with Gasteiger partial charge in [-0.25, -0.2) is 9.82 Å². The summed E-state index contributed by atoms with van der Waals surface area (Å²) in [5, 5.41) is 0. The fraction of sp³-hybridized carbons (Fsp3) is 0.250. The summed E-state index contributed by atoms with van der Waals surface area (Å²) < 4.78 is 14.3. The van der Waals surface area contributed by atoms with Crippen molar-refractivity contribution in [2.45, 2.75) is 26.8 Å². The van der Waals surface area contributed by atoms with E-state index in [-0.39, 0.29) is 11.9 Å². The van der Waals surface area contributed by atoms with Crippen molar-refractivity contribution in [1.29, 1.82) is 0 Å². The molecule has 0 aromatic heterocycles. The molecule has 0 aliphatic heterocycles. The van der Waals surface area contributed by atoms with Gasteiger partial charge in [-0.05, 0) is 37.5 Å². The number of aryl methyl sites for hydroxylation is 3. The predicted octanol–water partition coefficient (Wildman–Crippen LogP) is 3.30. The highest BCUT2D eigenvalue weighted by Gasteiger charge is 2.19. The first-order valence-corrected chi connectivity index (χ1v) is 6.33. The standard InChI is InChI=1S/C16H19FN2/c1-10-7-8-11(2)14(9-10)16(19-18)13-6-4-5-12(3)15(13)17/h4-9,16,19H,18H2,1-3H3. The molecule has 0 fully saturated rings. The number of nitrogens with one attached hydrogen (secondary N) is 1. The Balaban J connectivity index is 2.56. The zero-order valence-corrected chi connectivity index (χ0v) is 11.5. The topological polar surface area (TPSA) is 38.0 Å². The minimum atomic E-state index is -0.334. The molecule has 2 aromatic rings. The van der Waals surface area contributed by atoms with Crippen molar-refractivity contribution in [1.82, 2.24) is 5.43 Å². The van der Waals surface area contributed by atoms with E-state index >= 15 is 0 Å². The van der Waals surface area contributed by atoms with E-state index in [1.807, 2.05) is 38.1 Å². The number of halogens is 1. The minimum absolute atomic E-state index is 0.202. The molecule has 2 nitrogen and oxygen atoms in total. The molecule has 2 rings (SSSR count). The molecule has 0 amide bonds. The van der Waals surface area contributed by atoms with Gasteiger partial charge >= 0.3 is 0 Å². The van der Waals surface area contributed by atoms with Crippen LogP contribution in [0.3, 0.4) is 0 Å². The van der Waals surface area contributed by atoms with Gasteiger partial charge in [0.05, 0.1) is 6.04 Å². The highest BCUT2D eigenvalue weighted by atomic mass is 19.1. The van der Waals surface area contributed by atoms with Crippen molar-refractivity contribution in [2.24, 2.45) is 5.84 Å². The van der Waals surface area contributed by atoms with Gasteiger partial charge in [0.2, 0.25) is 0 Å². The average Bonchev–Trinajstić information content (AvgIpc) is 2.39. The summed E-state index contributed by atoms with van der Waals surface area (Å²) in [6.07, 6.45) is 0. The smallest absolute Gasteiger partial charge is 0.131 e. The van der Waals surface area contributed by atoms with Crippen LogP contribution in [-0.2, 0) is 0 Å². The van der Waals surface area contributed by atoms with Crippen LogP contribution in [0.5, 0.6) is 0 Å². The third-order valence-electron chi connectivity index (χ3n) is 3.45. The third kappa shape index (κ3) is 2.67. The summed E-state index contributed by atoms with van der Waals surface area (Å²) in [6.45, 7) is 5.78. The van der Waals surface area contributed by atoms with Crippen molar-refractivity contribution in [3.8, 4) is 0 Å². The Morgan fingerprint density at radius 2 is 1.74 bits per heavy atom. The maximum absolute atomic E-state index is 14.3. The molecule has 3 N–H and O–H groups in total. The number of hydrogen-bond acceptors (Lipinski definition) is 2. The first-order chi connectivity index (χ1) is 9.04. The Bertz CT molecular complexity index is 591. The maximum Gasteiger partial charge on any atom is 0.131 e. The van der Waals surface area contributed by atoms with Gasteiger partial charge in [-0.3, -0.25) is 5.84 Å². The Morgan fingerprint density at radius 3 is 2.42 bits per heavy atom. The molecule has 1 atom stereocenters. The summed E-state index contributed by atoms with van der Waals surface area (Å²) in [5.74, 6) is 5.46. The third-order valence-corrected chi connectivity index (χ3v) is 3.45. The Morgan fingerprint density at radius 1 is 1.00 bits per heavy atom. The first-order valence-electron chi connectivity index (χ1n) is 6.33. The SMILES string of the molecule is Cc1ccc(C)c(C(NN)c2cccc(C)c2F)c1. The minimum Gasteiger partial charge on any atom is -0.271 e. The lowest BCUT2D eigenvalue weighted by molar-refractivity contribution is 0.553. The van der Waals surface area contributed by atoms with Crippen molar-refractivity contribution in [2.75, 3.05) is 0 Å². The summed E-state index contributed by atoms with van der Waals surface area (Å²) in [4.78, 5) is 0. The molecule has 3 heteroatoms. The van der Waals surface area contributed by atoms with Gasteiger partial charge < -0.3 is 0 Å². The molecule has 1 unspecified atom stereocenters. The van der Waals surface area contributed by atoms with Crippen LogP contribution in [-0.4, -0.2) is 0 Å². The van der Waals surface area contributed by atoms with Crippen molar-refractivity contribution in [3.63, 3.8) is 0 Å². The normalized spacial score (nSPS) is 12.5. The molecule has 0 aliphatic carbocycles. The number of benzene rings is 2. The van der Waals surface area contributed by atoms with Gasteiger partial charge in [-0.15, -0.1) is 0 Å². The van der Waals surface area contributed by atoms with Crippen LogP contribution in [0.15, 0.2) is 36.4 Å². The molecule has 2 aromatic carbocycles. The van der Waals surface area contributed by atoms with Crippen LogP contribution < -0.4 is 11.3 Å². The van der Waals surface area contributed by atoms with E-state index in [0.717, 1.165) is 16.7 Å². The zero-order valence-electron chi connectivity index (χ0n) is 11.5. The molecular weight excluding hydrogens is 239 g/mol. The first kappa shape index (κ1) is 13.7. The lowest BCUT2D eigenvalue weighted by atomic mass is 9.93. The van der Waals surface area contributed by atoms with Crippen molar-refractivity contribution >= 4 is 0 Å². The van der Waals surface area contributed by atoms with Gasteiger partial charge in [0.1, 0.15) is 5.82 Å². The zero-order chi connectivity index (χ0) is 14.0. The second-order valence-corrected chi connectivity index (χ2v) is 4.94. The summed E-state index contributed by atoms with van der Waals surface area (Å²) in [6, 6.07) is 11.2. The Labute approximate surface area is 113 Å². The largest absolute Gasteiger partial charge is 0.271 e. The molecule has 19 heavy (non-hydrogen) atoms. The summed E-state index contributed by atoms with van der Waals surface area (Å²) >= 11 is 0. The lowest BCUT2D eigenvalue weighted by Crippen LogP contribution is -2.30. The molecule has 0 saturated carbocycles. The van der Waals surface area contributed by atoms with Gasteiger partial charge in [0.15, 0.2) is 0 Å². The molecular formula is C16H19FN2. The van der Waals surface area contributed by atoms with Crippen LogP contribution in [0, 0.1) is 26.6 Å². The second-order valence-electron chi connectivity index (χ2n) is 4.94. The number of rotatable bonds is 3. The van der Waals surface area contributed by atoms with Gasteiger partial charge in [-0.2, -0.15) is 0 Å². The van der Waals surface area contributed by atoms with E-state index in [0.29, 0.717) is 11.1 Å². The van der Waals surface area contributed by atoms with Crippen LogP contribution in [0.4, 0.5) is 4.39 Å². The molecule has 0 spiro atoms. The molecule has 0 bridgehead atoms. The van der Waals surface area contributed by atoms with E-state index < -0.39 is 0 Å². The summed E-state index contributed by atoms with van der Waals surface area (Å²) in [5.41, 5.74) is 7.17. The van der Waals surface area contributed by atoms with Crippen LogP contribution in [0.1, 0.15) is 33.9 Å². The van der Waals surface area contributed by atoms with Crippen LogP contribution >= 0.6 is 0 Å². The van der Waals surface area contributed by atoms with E-state index in [1.165, 1.54) is 0 Å². The van der Waals surface area contributed by atoms with Gasteiger partial charge in [-0.1, -0.05) is 42.0 Å². The number of nitrogens with two attached hydrogens (primary N) is 1. The lowest BCUT2D eigenvalue weighted by Gasteiger charge is -2.21. The predicted molar refractivity (Wildman–Crippen MR) is 76.2 cm³/mol. The van der Waals surface area contributed by atoms with Gasteiger partial charge in [0, 0.05) is 5.56 Å². The quantitative estimate of drug-likeness (QED) is 0.655. The fourth-order valence-electron chi connectivity index (χ4n) is 2.31. The molecule has 0 heterocycles. The Kier molecular flexibility index (Phi) is 3.98. The highest BCUT2D eigenvalue weighted by Crippen LogP contribution is 2.28. The average molecular weight is 258 g/mol. The monoisotopic (exact) mass is 258 g/mol. The summed E-state index contributed by atoms with van der Waals surface area (Å²) in [7, 11) is 0. The van der Waals surface area contributed by atoms with E-state index in [2.05, 4.69) is 5.43 Å². The second kappa shape index (κ2) is 5.51. The van der Waals surface area contributed by atoms with Crippen LogP contribution in [0.2, 0.25) is 0 Å². The van der Waals surface area contributed by atoms with E-state index in [9.17, 15) is 4.39 Å². The molecule has 0 saturated heterocycles. The van der Waals surface area contributed by atoms with Crippen molar-refractivity contribution < 1.29 is 4.39 Å². The van der Waals surface area contributed by atoms with Crippen molar-refractivity contribution in [3.05, 3.63) is 70.0 Å². The fourth-order valence-corrected chi connectivity index (χ4v) is 2.31.